The van der Waals surface area contributed by atoms with Crippen molar-refractivity contribution in [1.82, 2.24) is 0 Å². The van der Waals surface area contributed by atoms with Crippen LogP contribution in [-0.4, -0.2) is 17.7 Å². The molecule has 0 spiro atoms. The Bertz CT molecular complexity index is 821. The molecule has 1 aromatic rings. The van der Waals surface area contributed by atoms with Gasteiger partial charge in [0, 0.05) is 11.1 Å². The van der Waals surface area contributed by atoms with Crippen molar-refractivity contribution in [2.24, 2.45) is 5.73 Å². The third-order valence-electron chi connectivity index (χ3n) is 3.92. The van der Waals surface area contributed by atoms with Crippen LogP contribution in [0.3, 0.4) is 0 Å². The third-order valence-corrected chi connectivity index (χ3v) is 4.21. The standard InChI is InChI=1S/C18H19ClN2O4/c1-4-24-18(23)14-10(3)25-17(21)13(8-20)15(14)12-6-9(2)5-11(7-19)16(12)22/h5-6,15,22H,4,7,21H2,1-3H3. The number of rotatable bonds is 4. The molecule has 0 aromatic heterocycles. The zero-order valence-electron chi connectivity index (χ0n) is 14.2. The second-order valence-corrected chi connectivity index (χ2v) is 5.88. The molecule has 2 rings (SSSR count). The highest BCUT2D eigenvalue weighted by molar-refractivity contribution is 6.17. The van der Waals surface area contributed by atoms with Crippen molar-refractivity contribution in [3.8, 4) is 11.8 Å². The molecule has 1 aliphatic heterocycles. The minimum absolute atomic E-state index is 0.0371. The van der Waals surface area contributed by atoms with Gasteiger partial charge in [-0.1, -0.05) is 17.7 Å². The topological polar surface area (TPSA) is 106 Å². The van der Waals surface area contributed by atoms with Gasteiger partial charge in [0.05, 0.1) is 24.0 Å². The Morgan fingerprint density at radius 1 is 1.48 bits per heavy atom. The van der Waals surface area contributed by atoms with Crippen LogP contribution in [0.5, 0.6) is 5.75 Å². The van der Waals surface area contributed by atoms with Crippen LogP contribution in [0, 0.1) is 18.3 Å². The smallest absolute Gasteiger partial charge is 0.338 e. The van der Waals surface area contributed by atoms with Crippen LogP contribution >= 0.6 is 11.6 Å². The van der Waals surface area contributed by atoms with E-state index in [4.69, 9.17) is 26.8 Å². The molecule has 1 aromatic carbocycles. The number of halogens is 1. The molecule has 25 heavy (non-hydrogen) atoms. The van der Waals surface area contributed by atoms with Gasteiger partial charge in [-0.25, -0.2) is 4.79 Å². The summed E-state index contributed by atoms with van der Waals surface area (Å²) in [5.74, 6) is -1.39. The maximum atomic E-state index is 12.5. The number of nitrogens with two attached hydrogens (primary N) is 1. The van der Waals surface area contributed by atoms with E-state index in [2.05, 4.69) is 0 Å². The van der Waals surface area contributed by atoms with Crippen LogP contribution in [0.2, 0.25) is 0 Å². The summed E-state index contributed by atoms with van der Waals surface area (Å²) in [5, 5.41) is 20.2. The lowest BCUT2D eigenvalue weighted by molar-refractivity contribution is -0.139. The lowest BCUT2D eigenvalue weighted by Gasteiger charge is -2.28. The fourth-order valence-corrected chi connectivity index (χ4v) is 3.08. The Morgan fingerprint density at radius 3 is 2.72 bits per heavy atom. The van der Waals surface area contributed by atoms with Crippen molar-refractivity contribution in [2.45, 2.75) is 32.6 Å². The number of ether oxygens (including phenoxy) is 2. The van der Waals surface area contributed by atoms with Gasteiger partial charge in [-0.05, 0) is 20.8 Å². The maximum absolute atomic E-state index is 12.5. The molecule has 1 atom stereocenters. The van der Waals surface area contributed by atoms with Crippen molar-refractivity contribution in [3.05, 3.63) is 51.6 Å². The summed E-state index contributed by atoms with van der Waals surface area (Å²) in [4.78, 5) is 12.5. The molecule has 0 amide bonds. The number of alkyl halides is 1. The number of phenols is 1. The van der Waals surface area contributed by atoms with E-state index in [1.165, 1.54) is 0 Å². The highest BCUT2D eigenvalue weighted by atomic mass is 35.5. The van der Waals surface area contributed by atoms with Gasteiger partial charge in [0.1, 0.15) is 23.2 Å². The molecular formula is C18H19ClN2O4. The molecule has 1 heterocycles. The molecule has 0 radical (unpaired) electrons. The Balaban J connectivity index is 2.76. The Morgan fingerprint density at radius 2 is 2.16 bits per heavy atom. The van der Waals surface area contributed by atoms with Crippen LogP contribution in [-0.2, 0) is 20.1 Å². The lowest BCUT2D eigenvalue weighted by atomic mass is 9.81. The number of esters is 1. The van der Waals surface area contributed by atoms with Gasteiger partial charge in [0.15, 0.2) is 0 Å². The monoisotopic (exact) mass is 362 g/mol. The van der Waals surface area contributed by atoms with Crippen molar-refractivity contribution in [3.63, 3.8) is 0 Å². The molecule has 7 heteroatoms. The normalized spacial score (nSPS) is 17.2. The summed E-state index contributed by atoms with van der Waals surface area (Å²) in [5.41, 5.74) is 7.70. The third kappa shape index (κ3) is 3.42. The molecular weight excluding hydrogens is 344 g/mol. The van der Waals surface area contributed by atoms with E-state index in [0.717, 1.165) is 5.56 Å². The summed E-state index contributed by atoms with van der Waals surface area (Å²) < 4.78 is 10.5. The van der Waals surface area contributed by atoms with Gasteiger partial charge in [-0.15, -0.1) is 11.6 Å². The zero-order valence-corrected chi connectivity index (χ0v) is 15.0. The predicted molar refractivity (Wildman–Crippen MR) is 92.4 cm³/mol. The molecule has 0 bridgehead atoms. The van der Waals surface area contributed by atoms with Gasteiger partial charge < -0.3 is 20.3 Å². The van der Waals surface area contributed by atoms with E-state index in [1.54, 1.807) is 26.0 Å². The summed E-state index contributed by atoms with van der Waals surface area (Å²) in [6.07, 6.45) is 0. The minimum Gasteiger partial charge on any atom is -0.507 e. The molecule has 0 saturated heterocycles. The number of phenolic OH excluding ortho intramolecular Hbond substituents is 1. The van der Waals surface area contributed by atoms with E-state index < -0.39 is 11.9 Å². The number of hydrogen-bond donors (Lipinski definition) is 2. The molecule has 1 unspecified atom stereocenters. The quantitative estimate of drug-likeness (QED) is 0.629. The number of hydrogen-bond acceptors (Lipinski definition) is 6. The molecule has 132 valence electrons. The van der Waals surface area contributed by atoms with Crippen molar-refractivity contribution in [1.29, 1.82) is 5.26 Å². The molecule has 6 nitrogen and oxygen atoms in total. The molecule has 0 saturated carbocycles. The number of allylic oxidation sites excluding steroid dienone is 2. The number of aryl methyl sites for hydroxylation is 1. The molecule has 1 aliphatic rings. The Hall–Kier alpha value is -2.65. The summed E-state index contributed by atoms with van der Waals surface area (Å²) in [6, 6.07) is 5.41. The van der Waals surface area contributed by atoms with Crippen LogP contribution < -0.4 is 5.73 Å². The first-order chi connectivity index (χ1) is 11.8. The van der Waals surface area contributed by atoms with E-state index in [9.17, 15) is 15.2 Å². The van der Waals surface area contributed by atoms with Crippen molar-refractivity contribution < 1.29 is 19.4 Å². The average molecular weight is 363 g/mol. The first kappa shape index (κ1) is 18.7. The summed E-state index contributed by atoms with van der Waals surface area (Å²) in [7, 11) is 0. The number of carbonyl (C=O) groups is 1. The highest BCUT2D eigenvalue weighted by Crippen LogP contribution is 2.44. The number of nitriles is 1. The van der Waals surface area contributed by atoms with Crippen LogP contribution in [0.4, 0.5) is 0 Å². The fraction of sp³-hybridized carbons (Fsp3) is 0.333. The first-order valence-electron chi connectivity index (χ1n) is 7.69. The van der Waals surface area contributed by atoms with Crippen LogP contribution in [0.15, 0.2) is 34.9 Å². The van der Waals surface area contributed by atoms with Crippen molar-refractivity contribution in [2.75, 3.05) is 6.61 Å². The Labute approximate surface area is 151 Å². The number of benzene rings is 1. The summed E-state index contributed by atoms with van der Waals surface area (Å²) >= 11 is 5.90. The second-order valence-electron chi connectivity index (χ2n) is 5.61. The van der Waals surface area contributed by atoms with E-state index in [1.807, 2.05) is 13.0 Å². The van der Waals surface area contributed by atoms with Gasteiger partial charge in [-0.3, -0.25) is 0 Å². The number of aromatic hydroxyl groups is 1. The van der Waals surface area contributed by atoms with E-state index in [0.29, 0.717) is 11.1 Å². The molecule has 0 aliphatic carbocycles. The van der Waals surface area contributed by atoms with E-state index >= 15 is 0 Å². The minimum atomic E-state index is -0.889. The Kier molecular flexibility index (Phi) is 5.60. The van der Waals surface area contributed by atoms with Crippen molar-refractivity contribution >= 4 is 17.6 Å². The fourth-order valence-electron chi connectivity index (χ4n) is 2.87. The highest BCUT2D eigenvalue weighted by Gasteiger charge is 2.38. The molecule has 0 fully saturated rings. The maximum Gasteiger partial charge on any atom is 0.338 e. The van der Waals surface area contributed by atoms with Crippen LogP contribution in [0.25, 0.3) is 0 Å². The van der Waals surface area contributed by atoms with Gasteiger partial charge in [-0.2, -0.15) is 5.26 Å². The zero-order chi connectivity index (χ0) is 18.7. The first-order valence-corrected chi connectivity index (χ1v) is 8.22. The van der Waals surface area contributed by atoms with Gasteiger partial charge >= 0.3 is 5.97 Å². The SMILES string of the molecule is CCOC(=O)C1=C(C)OC(N)=C(C#N)C1c1cc(C)cc(CCl)c1O. The van der Waals surface area contributed by atoms with Crippen LogP contribution in [0.1, 0.15) is 36.5 Å². The van der Waals surface area contributed by atoms with Gasteiger partial charge in [0.25, 0.3) is 0 Å². The summed E-state index contributed by atoms with van der Waals surface area (Å²) in [6.45, 7) is 5.24. The van der Waals surface area contributed by atoms with E-state index in [-0.39, 0.29) is 41.0 Å². The predicted octanol–water partition coefficient (Wildman–Crippen LogP) is 3.08. The lowest BCUT2D eigenvalue weighted by Crippen LogP contribution is -2.25. The average Bonchev–Trinajstić information content (AvgIpc) is 2.56. The van der Waals surface area contributed by atoms with Gasteiger partial charge in [0.2, 0.25) is 5.88 Å². The number of nitrogens with zero attached hydrogens (tertiary/aromatic N) is 1. The second kappa shape index (κ2) is 7.49. The molecule has 3 N–H and O–H groups in total. The number of carbonyl (C=O) groups excluding carboxylic acids is 1. The largest absolute Gasteiger partial charge is 0.507 e.